The number of aliphatic imine (C=N–C) groups is 2. The molecule has 3 aromatic rings. The predicted molar refractivity (Wildman–Crippen MR) is 123 cm³/mol. The van der Waals surface area contributed by atoms with Crippen molar-refractivity contribution in [2.75, 3.05) is 7.11 Å². The summed E-state index contributed by atoms with van der Waals surface area (Å²) in [5.41, 5.74) is 9.86. The minimum Gasteiger partial charge on any atom is -0.507 e. The van der Waals surface area contributed by atoms with Crippen LogP contribution in [-0.2, 0) is 0 Å². The van der Waals surface area contributed by atoms with Gasteiger partial charge in [0.25, 0.3) is 0 Å². The lowest BCUT2D eigenvalue weighted by molar-refractivity contribution is 0.405. The Morgan fingerprint density at radius 2 is 1.70 bits per heavy atom. The molecule has 0 saturated heterocycles. The van der Waals surface area contributed by atoms with Crippen LogP contribution in [0.5, 0.6) is 11.5 Å². The fourth-order valence-electron chi connectivity index (χ4n) is 3.12. The summed E-state index contributed by atoms with van der Waals surface area (Å²) in [5.74, 6) is 1.66. The summed E-state index contributed by atoms with van der Waals surface area (Å²) in [5, 5.41) is 10.5. The number of rotatable bonds is 6. The highest BCUT2D eigenvalue weighted by Crippen LogP contribution is 2.33. The normalized spacial score (nSPS) is 13.2. The first-order valence-electron chi connectivity index (χ1n) is 9.93. The van der Waals surface area contributed by atoms with Gasteiger partial charge in [0.05, 0.1) is 13.2 Å². The van der Waals surface area contributed by atoms with E-state index in [1.165, 1.54) is 0 Å². The summed E-state index contributed by atoms with van der Waals surface area (Å²) >= 11 is 0. The largest absolute Gasteiger partial charge is 0.507 e. The van der Waals surface area contributed by atoms with Crippen LogP contribution in [0.4, 0.5) is 0 Å². The smallest absolute Gasteiger partial charge is 0.157 e. The Labute approximate surface area is 177 Å². The van der Waals surface area contributed by atoms with Crippen molar-refractivity contribution in [3.8, 4) is 11.5 Å². The number of amidine groups is 2. The van der Waals surface area contributed by atoms with Gasteiger partial charge in [0.15, 0.2) is 5.84 Å². The zero-order chi connectivity index (χ0) is 21.5. The third-order valence-corrected chi connectivity index (χ3v) is 4.87. The molecule has 3 rings (SSSR count). The highest BCUT2D eigenvalue weighted by molar-refractivity contribution is 6.11. The maximum Gasteiger partial charge on any atom is 0.157 e. The van der Waals surface area contributed by atoms with Gasteiger partial charge in [-0.1, -0.05) is 67.1 Å². The number of phenols is 1. The number of nitrogens with zero attached hydrogens (tertiary/aromatic N) is 2. The second-order valence-electron chi connectivity index (χ2n) is 7.03. The number of aryl methyl sites for hydroxylation is 1. The molecule has 154 valence electrons. The fourth-order valence-corrected chi connectivity index (χ4v) is 3.12. The van der Waals surface area contributed by atoms with Gasteiger partial charge in [0, 0.05) is 22.8 Å². The molecular formula is C25H27N3O2. The zero-order valence-electron chi connectivity index (χ0n) is 17.5. The lowest BCUT2D eigenvalue weighted by Gasteiger charge is -2.15. The highest BCUT2D eigenvalue weighted by Gasteiger charge is 2.16. The van der Waals surface area contributed by atoms with Crippen molar-refractivity contribution in [1.82, 2.24) is 0 Å². The van der Waals surface area contributed by atoms with Crippen molar-refractivity contribution in [2.45, 2.75) is 26.3 Å². The van der Waals surface area contributed by atoms with Gasteiger partial charge in [-0.2, -0.15) is 0 Å². The maximum atomic E-state index is 10.5. The predicted octanol–water partition coefficient (Wildman–Crippen LogP) is 5.01. The minimum atomic E-state index is -0.278. The summed E-state index contributed by atoms with van der Waals surface area (Å²) in [7, 11) is 1.57. The van der Waals surface area contributed by atoms with Gasteiger partial charge in [-0.3, -0.25) is 4.99 Å². The molecule has 0 fully saturated rings. The number of aromatic hydroxyl groups is 1. The molecule has 0 bridgehead atoms. The lowest BCUT2D eigenvalue weighted by atomic mass is 10.0. The molecule has 30 heavy (non-hydrogen) atoms. The minimum absolute atomic E-state index is 0.146. The molecule has 0 heterocycles. The molecule has 3 N–H and O–H groups in total. The number of benzene rings is 3. The van der Waals surface area contributed by atoms with Crippen LogP contribution in [0.1, 0.15) is 41.6 Å². The molecule has 1 unspecified atom stereocenters. The Morgan fingerprint density at radius 3 is 2.30 bits per heavy atom. The first-order chi connectivity index (χ1) is 14.5. The van der Waals surface area contributed by atoms with Crippen LogP contribution in [0.25, 0.3) is 0 Å². The number of phenolic OH excluding ortho intramolecular Hbond substituents is 1. The Bertz CT molecular complexity index is 1040. The quantitative estimate of drug-likeness (QED) is 0.450. The Balaban J connectivity index is 2.08. The number of nitrogens with two attached hydrogens (primary N) is 1. The third-order valence-electron chi connectivity index (χ3n) is 4.87. The van der Waals surface area contributed by atoms with Gasteiger partial charge in [-0.05, 0) is 25.5 Å². The molecule has 0 amide bonds. The standard InChI is InChI=1S/C25H27N3O2/c1-4-22(21-15-14-20(30-3)16-23(21)29)27-25(19-12-10-17(2)11-13-19)28-24(26)18-8-6-5-7-9-18/h5-16,22,29H,4H2,1-3H3,(H2,26,27,28). The molecule has 0 aromatic heterocycles. The van der Waals surface area contributed by atoms with E-state index in [4.69, 9.17) is 15.5 Å². The van der Waals surface area contributed by atoms with E-state index in [1.807, 2.05) is 80.6 Å². The molecule has 0 aliphatic carbocycles. The SMILES string of the molecule is CCC(N=C(N=C(N)c1ccccc1)c1ccc(C)cc1)c1ccc(OC)cc1O. The van der Waals surface area contributed by atoms with Gasteiger partial charge in [0.1, 0.15) is 17.3 Å². The van der Waals surface area contributed by atoms with Gasteiger partial charge in [0.2, 0.25) is 0 Å². The molecule has 3 aromatic carbocycles. The molecule has 0 aliphatic heterocycles. The van der Waals surface area contributed by atoms with E-state index >= 15 is 0 Å². The van der Waals surface area contributed by atoms with Gasteiger partial charge < -0.3 is 15.6 Å². The molecule has 5 heteroatoms. The third kappa shape index (κ3) is 5.06. The monoisotopic (exact) mass is 401 g/mol. The average molecular weight is 402 g/mol. The number of ether oxygens (including phenoxy) is 1. The van der Waals surface area contributed by atoms with Gasteiger partial charge in [-0.25, -0.2) is 4.99 Å². The topological polar surface area (TPSA) is 80.2 Å². The fraction of sp³-hybridized carbons (Fsp3) is 0.200. The zero-order valence-corrected chi connectivity index (χ0v) is 17.5. The van der Waals surface area contributed by atoms with Crippen LogP contribution in [0.15, 0.2) is 82.8 Å². The summed E-state index contributed by atoms with van der Waals surface area (Å²) in [4.78, 5) is 9.56. The first-order valence-corrected chi connectivity index (χ1v) is 9.93. The molecule has 0 aliphatic rings. The van der Waals surface area contributed by atoms with E-state index in [2.05, 4.69) is 4.99 Å². The van der Waals surface area contributed by atoms with E-state index in [1.54, 1.807) is 13.2 Å². The van der Waals surface area contributed by atoms with E-state index < -0.39 is 0 Å². The van der Waals surface area contributed by atoms with Crippen molar-refractivity contribution >= 4 is 11.7 Å². The van der Waals surface area contributed by atoms with E-state index in [-0.39, 0.29) is 11.8 Å². The Morgan fingerprint density at radius 1 is 1.00 bits per heavy atom. The summed E-state index contributed by atoms with van der Waals surface area (Å²) in [6.45, 7) is 4.06. The molecule has 0 spiro atoms. The van der Waals surface area contributed by atoms with E-state index in [9.17, 15) is 5.11 Å². The summed E-state index contributed by atoms with van der Waals surface area (Å²) < 4.78 is 5.19. The van der Waals surface area contributed by atoms with Crippen molar-refractivity contribution in [1.29, 1.82) is 0 Å². The highest BCUT2D eigenvalue weighted by atomic mass is 16.5. The number of hydrogen-bond acceptors (Lipinski definition) is 3. The Kier molecular flexibility index (Phi) is 6.86. The molecule has 1 atom stereocenters. The number of methoxy groups -OCH3 is 1. The van der Waals surface area contributed by atoms with Crippen molar-refractivity contribution in [3.05, 3.63) is 95.1 Å². The summed E-state index contributed by atoms with van der Waals surface area (Å²) in [6, 6.07) is 22.6. The van der Waals surface area contributed by atoms with Crippen LogP contribution in [0.2, 0.25) is 0 Å². The lowest BCUT2D eigenvalue weighted by Crippen LogP contribution is -2.16. The average Bonchev–Trinajstić information content (AvgIpc) is 2.78. The summed E-state index contributed by atoms with van der Waals surface area (Å²) in [6.07, 6.45) is 0.690. The van der Waals surface area contributed by atoms with Crippen LogP contribution in [0, 0.1) is 6.92 Å². The Hall–Kier alpha value is -3.60. The second-order valence-corrected chi connectivity index (χ2v) is 7.03. The molecule has 5 nitrogen and oxygen atoms in total. The number of hydrogen-bond donors (Lipinski definition) is 2. The molecule has 0 saturated carbocycles. The van der Waals surface area contributed by atoms with Crippen molar-refractivity contribution < 1.29 is 9.84 Å². The van der Waals surface area contributed by atoms with Gasteiger partial charge >= 0.3 is 0 Å². The molecular weight excluding hydrogens is 374 g/mol. The van der Waals surface area contributed by atoms with E-state index in [0.29, 0.717) is 23.8 Å². The first kappa shape index (κ1) is 21.1. The van der Waals surface area contributed by atoms with Crippen molar-refractivity contribution in [2.24, 2.45) is 15.7 Å². The molecule has 0 radical (unpaired) electrons. The van der Waals surface area contributed by atoms with Gasteiger partial charge in [-0.15, -0.1) is 0 Å². The van der Waals surface area contributed by atoms with Crippen molar-refractivity contribution in [3.63, 3.8) is 0 Å². The maximum absolute atomic E-state index is 10.5. The van der Waals surface area contributed by atoms with Crippen LogP contribution >= 0.6 is 0 Å². The second kappa shape index (κ2) is 9.74. The van der Waals surface area contributed by atoms with E-state index in [0.717, 1.165) is 22.3 Å². The van der Waals surface area contributed by atoms with Crippen LogP contribution in [-0.4, -0.2) is 23.9 Å². The van der Waals surface area contributed by atoms with Crippen LogP contribution in [0.3, 0.4) is 0 Å². The van der Waals surface area contributed by atoms with Crippen LogP contribution < -0.4 is 10.5 Å².